The second-order valence-corrected chi connectivity index (χ2v) is 26.6. The summed E-state index contributed by atoms with van der Waals surface area (Å²) in [6.07, 6.45) is 2.12. The molecule has 2 aliphatic rings. The highest BCUT2D eigenvalue weighted by Crippen LogP contribution is 2.60. The number of aromatic nitrogens is 4. The van der Waals surface area contributed by atoms with Gasteiger partial charge in [0, 0.05) is 47.7 Å². The molecule has 2 atom stereocenters. The first-order chi connectivity index (χ1) is 19.6. The van der Waals surface area contributed by atoms with Crippen LogP contribution < -0.4 is 4.90 Å². The molecule has 0 bridgehead atoms. The molecule has 5 rings (SSSR count). The molecule has 1 amide bonds. The Labute approximate surface area is 256 Å². The zero-order valence-electron chi connectivity index (χ0n) is 26.4. The summed E-state index contributed by atoms with van der Waals surface area (Å²) in [5, 5.41) is 15.2. The summed E-state index contributed by atoms with van der Waals surface area (Å²) >= 11 is 6.75. The number of carbonyl (C=O) groups is 1. The lowest BCUT2D eigenvalue weighted by Gasteiger charge is -2.20. The molecule has 12 heteroatoms. The molecule has 1 fully saturated rings. The van der Waals surface area contributed by atoms with E-state index in [2.05, 4.69) is 50.9 Å². The summed E-state index contributed by atoms with van der Waals surface area (Å²) in [5.41, 5.74) is 5.49. The van der Waals surface area contributed by atoms with Crippen LogP contribution in [-0.2, 0) is 35.8 Å². The highest BCUT2D eigenvalue weighted by atomic mass is 35.5. The van der Waals surface area contributed by atoms with Gasteiger partial charge in [0.2, 0.25) is 0 Å². The van der Waals surface area contributed by atoms with Crippen molar-refractivity contribution >= 4 is 50.6 Å². The molecule has 1 saturated carbocycles. The maximum Gasteiger partial charge on any atom is 0.411 e. The molecule has 9 nitrogen and oxygen atoms in total. The van der Waals surface area contributed by atoms with Gasteiger partial charge in [0.25, 0.3) is 0 Å². The number of amides is 1. The van der Waals surface area contributed by atoms with E-state index >= 15 is 0 Å². The molecule has 0 unspecified atom stereocenters. The molecule has 0 aliphatic heterocycles. The number of hydrogen-bond donors (Lipinski definition) is 1. The summed E-state index contributed by atoms with van der Waals surface area (Å²) in [4.78, 5) is 18.0. The molecule has 1 N–H and O–H groups in total. The van der Waals surface area contributed by atoms with Gasteiger partial charge in [0.15, 0.2) is 5.82 Å². The van der Waals surface area contributed by atoms with Crippen LogP contribution >= 0.6 is 11.6 Å². The molecule has 230 valence electrons. The Balaban J connectivity index is 1.57. The molecule has 2 aliphatic carbocycles. The highest BCUT2D eigenvalue weighted by molar-refractivity contribution is 6.76. The third-order valence-electron chi connectivity index (χ3n) is 8.83. The Morgan fingerprint density at radius 3 is 2.38 bits per heavy atom. The van der Waals surface area contributed by atoms with Crippen LogP contribution in [0.25, 0.3) is 22.6 Å². The largest absolute Gasteiger partial charge is 0.465 e. The minimum absolute atomic E-state index is 0.280. The van der Waals surface area contributed by atoms with E-state index in [9.17, 15) is 9.90 Å². The normalized spacial score (nSPS) is 20.1. The number of imidazole rings is 1. The van der Waals surface area contributed by atoms with Crippen molar-refractivity contribution in [1.29, 1.82) is 0 Å². The van der Waals surface area contributed by atoms with Crippen molar-refractivity contribution < 1.29 is 19.4 Å². The van der Waals surface area contributed by atoms with Crippen LogP contribution in [0.4, 0.5) is 10.5 Å². The minimum Gasteiger partial charge on any atom is -0.465 e. The molecule has 0 saturated heterocycles. The van der Waals surface area contributed by atoms with E-state index in [1.807, 2.05) is 10.6 Å². The molecule has 3 aromatic rings. The predicted molar refractivity (Wildman–Crippen MR) is 174 cm³/mol. The van der Waals surface area contributed by atoms with E-state index < -0.39 is 22.2 Å². The first kappa shape index (κ1) is 31.2. The second kappa shape index (κ2) is 11.4. The number of carboxylic acid groups (broad SMARTS) is 1. The fourth-order valence-electron chi connectivity index (χ4n) is 5.75. The van der Waals surface area contributed by atoms with Crippen LogP contribution in [0.2, 0.25) is 56.4 Å². The van der Waals surface area contributed by atoms with Gasteiger partial charge in [-0.1, -0.05) is 57.8 Å². The molecule has 2 heterocycles. The third-order valence-corrected chi connectivity index (χ3v) is 12.5. The van der Waals surface area contributed by atoms with Crippen LogP contribution in [-0.4, -0.2) is 66.9 Å². The van der Waals surface area contributed by atoms with E-state index in [0.717, 1.165) is 47.6 Å². The Kier molecular flexibility index (Phi) is 8.47. The fraction of sp³-hybridized carbons (Fsp3) is 0.633. The average Bonchev–Trinajstić information content (AvgIpc) is 3.23. The molecule has 0 spiro atoms. The van der Waals surface area contributed by atoms with Crippen molar-refractivity contribution in [3.8, 4) is 11.5 Å². The van der Waals surface area contributed by atoms with Crippen molar-refractivity contribution in [1.82, 2.24) is 19.3 Å². The van der Waals surface area contributed by atoms with Crippen molar-refractivity contribution in [2.75, 3.05) is 25.2 Å². The lowest BCUT2D eigenvalue weighted by atomic mass is 9.87. The Bertz CT molecular complexity index is 1490. The van der Waals surface area contributed by atoms with Crippen molar-refractivity contribution in [2.24, 2.45) is 11.3 Å². The number of anilines is 1. The van der Waals surface area contributed by atoms with Crippen LogP contribution in [0.3, 0.4) is 0 Å². The highest BCUT2D eigenvalue weighted by Gasteiger charge is 2.54. The van der Waals surface area contributed by atoms with Gasteiger partial charge < -0.3 is 14.6 Å². The van der Waals surface area contributed by atoms with Gasteiger partial charge in [-0.25, -0.2) is 14.5 Å². The number of halogens is 1. The smallest absolute Gasteiger partial charge is 0.411 e. The zero-order valence-corrected chi connectivity index (χ0v) is 29.1. The number of rotatable bonds is 12. The fourth-order valence-corrected chi connectivity index (χ4v) is 7.51. The van der Waals surface area contributed by atoms with E-state index in [-0.39, 0.29) is 6.73 Å². The maximum absolute atomic E-state index is 11.8. The van der Waals surface area contributed by atoms with E-state index in [4.69, 9.17) is 31.2 Å². The Morgan fingerprint density at radius 2 is 1.76 bits per heavy atom. The predicted octanol–water partition coefficient (Wildman–Crippen LogP) is 7.42. The topological polar surface area (TPSA) is 94.6 Å². The van der Waals surface area contributed by atoms with Crippen LogP contribution in [0.5, 0.6) is 0 Å². The number of nitrogens with zero attached hydrogens (tertiary/aromatic N) is 5. The standard InChI is InChI=1S/C30H46ClN5O4Si2/c1-30-16-20(30)13-22-25(17-30)36(19-40-10-12-42(6,7)8)33-26(22)28-32-27-23(31)14-21(34(2)29(37)38)15-24(27)35(28)18-39-9-11-41(3,4)5/h14-15,20H,9-13,16-19H2,1-8H3,(H,37,38)/t20-,30-/m1/s1. The lowest BCUT2D eigenvalue weighted by molar-refractivity contribution is 0.0756. The molecule has 0 radical (unpaired) electrons. The van der Waals surface area contributed by atoms with Crippen LogP contribution in [0.15, 0.2) is 12.1 Å². The molecular weight excluding hydrogens is 586 g/mol. The summed E-state index contributed by atoms with van der Waals surface area (Å²) < 4.78 is 16.5. The Hall–Kier alpha value is -2.19. The first-order valence-corrected chi connectivity index (χ1v) is 22.8. The van der Waals surface area contributed by atoms with Gasteiger partial charge in [-0.3, -0.25) is 9.47 Å². The summed E-state index contributed by atoms with van der Waals surface area (Å²) in [6.45, 7) is 18.5. The minimum atomic E-state index is -1.28. The van der Waals surface area contributed by atoms with Crippen molar-refractivity contribution in [3.63, 3.8) is 0 Å². The maximum atomic E-state index is 11.8. The van der Waals surface area contributed by atoms with Crippen molar-refractivity contribution in [2.45, 2.75) is 91.0 Å². The van der Waals surface area contributed by atoms with Gasteiger partial charge >= 0.3 is 6.09 Å². The van der Waals surface area contributed by atoms with Crippen molar-refractivity contribution in [3.05, 3.63) is 28.4 Å². The Morgan fingerprint density at radius 1 is 1.12 bits per heavy atom. The van der Waals surface area contributed by atoms with Crippen LogP contribution in [0.1, 0.15) is 24.6 Å². The zero-order chi connectivity index (χ0) is 30.6. The van der Waals surface area contributed by atoms with Gasteiger partial charge in [-0.15, -0.1) is 0 Å². The number of benzene rings is 1. The first-order valence-electron chi connectivity index (χ1n) is 15.0. The van der Waals surface area contributed by atoms with Gasteiger partial charge in [-0.05, 0) is 54.8 Å². The summed E-state index contributed by atoms with van der Waals surface area (Å²) in [5.74, 6) is 1.36. The van der Waals surface area contributed by atoms with E-state index in [1.165, 1.54) is 24.7 Å². The summed E-state index contributed by atoms with van der Waals surface area (Å²) in [7, 11) is -0.968. The number of hydrogen-bond acceptors (Lipinski definition) is 5. The lowest BCUT2D eigenvalue weighted by Crippen LogP contribution is -2.23. The van der Waals surface area contributed by atoms with E-state index in [1.54, 1.807) is 6.07 Å². The van der Waals surface area contributed by atoms with Gasteiger partial charge in [0.1, 0.15) is 24.7 Å². The second-order valence-electron chi connectivity index (χ2n) is 14.9. The molecular formula is C30H46ClN5O4Si2. The molecule has 1 aromatic carbocycles. The summed E-state index contributed by atoms with van der Waals surface area (Å²) in [6, 6.07) is 5.64. The average molecular weight is 632 g/mol. The SMILES string of the molecule is CN(C(=O)O)c1cc(Cl)c2nc(-c3nn(COCC[Si](C)(C)C)c4c3C[C@@H]3C[C@]3(C)C4)n(COCC[Si](C)(C)C)c2c1. The monoisotopic (exact) mass is 631 g/mol. The quantitative estimate of drug-likeness (QED) is 0.165. The third kappa shape index (κ3) is 6.65. The number of fused-ring (bicyclic) bond motifs is 3. The number of ether oxygens (including phenoxy) is 2. The molecule has 42 heavy (non-hydrogen) atoms. The van der Waals surface area contributed by atoms with E-state index in [0.29, 0.717) is 46.7 Å². The van der Waals surface area contributed by atoms with Crippen LogP contribution in [0, 0.1) is 11.3 Å². The van der Waals surface area contributed by atoms with Gasteiger partial charge in [0.05, 0.1) is 16.2 Å². The van der Waals surface area contributed by atoms with Gasteiger partial charge in [-0.2, -0.15) is 5.10 Å². The molecule has 2 aromatic heterocycles.